The fourth-order valence-electron chi connectivity index (χ4n) is 1.54. The second-order valence-electron chi connectivity index (χ2n) is 3.52. The van der Waals surface area contributed by atoms with Crippen molar-refractivity contribution in [2.24, 2.45) is 0 Å². The van der Waals surface area contributed by atoms with Gasteiger partial charge in [-0.2, -0.15) is 0 Å². The average molecular weight is 242 g/mol. The monoisotopic (exact) mass is 241 g/mol. The summed E-state index contributed by atoms with van der Waals surface area (Å²) in [6.07, 6.45) is 2.14. The summed E-state index contributed by atoms with van der Waals surface area (Å²) in [5, 5.41) is 6.30. The van der Waals surface area contributed by atoms with E-state index in [9.17, 15) is 4.79 Å². The number of carbonyl (C=O) groups is 1. The molecule has 1 aliphatic rings. The van der Waals surface area contributed by atoms with Crippen molar-refractivity contribution in [1.29, 1.82) is 0 Å². The Bertz CT molecular complexity index is 411. The van der Waals surface area contributed by atoms with E-state index < -0.39 is 0 Å². The number of methoxy groups -OCH3 is 1. The maximum absolute atomic E-state index is 11.7. The van der Waals surface area contributed by atoms with Crippen molar-refractivity contribution in [2.45, 2.75) is 12.5 Å². The van der Waals surface area contributed by atoms with Gasteiger partial charge in [0.15, 0.2) is 5.82 Å². The van der Waals surface area contributed by atoms with E-state index in [0.717, 1.165) is 0 Å². The van der Waals surface area contributed by atoms with Gasteiger partial charge in [0.05, 0.1) is 10.7 Å². The topological polar surface area (TPSA) is 63.2 Å². The molecule has 6 heteroatoms. The lowest BCUT2D eigenvalue weighted by Crippen LogP contribution is -2.39. The highest BCUT2D eigenvalue weighted by molar-refractivity contribution is 6.31. The third-order valence-corrected chi connectivity index (χ3v) is 2.56. The van der Waals surface area contributed by atoms with Crippen LogP contribution in [0.25, 0.3) is 0 Å². The number of hydrogen-bond acceptors (Lipinski definition) is 4. The second kappa shape index (κ2) is 4.67. The minimum atomic E-state index is -0.305. The Kier molecular flexibility index (Phi) is 3.26. The van der Waals surface area contributed by atoms with Gasteiger partial charge in [-0.3, -0.25) is 4.79 Å². The molecule has 1 atom stereocenters. The highest BCUT2D eigenvalue weighted by atomic mass is 35.5. The van der Waals surface area contributed by atoms with Gasteiger partial charge >= 0.3 is 0 Å². The highest BCUT2D eigenvalue weighted by Gasteiger charge is 2.25. The molecule has 2 heterocycles. The molecule has 1 aromatic rings. The number of amides is 1. The average Bonchev–Trinajstić information content (AvgIpc) is 2.26. The van der Waals surface area contributed by atoms with Crippen LogP contribution in [0.1, 0.15) is 6.42 Å². The fraction of sp³-hybridized carbons (Fsp3) is 0.400. The summed E-state index contributed by atoms with van der Waals surface area (Å²) in [4.78, 5) is 15.8. The first-order valence-corrected chi connectivity index (χ1v) is 5.30. The molecule has 86 valence electrons. The molecule has 0 fully saturated rings. The molecule has 2 rings (SSSR count). The summed E-state index contributed by atoms with van der Waals surface area (Å²) in [6, 6.07) is 1.36. The summed E-state index contributed by atoms with van der Waals surface area (Å²) in [5.74, 6) is 0.554. The van der Waals surface area contributed by atoms with Gasteiger partial charge in [-0.1, -0.05) is 11.6 Å². The number of carbonyl (C=O) groups excluding carboxylic acids is 1. The van der Waals surface area contributed by atoms with Crippen LogP contribution in [0.5, 0.6) is 0 Å². The second-order valence-corrected chi connectivity index (χ2v) is 3.95. The lowest BCUT2D eigenvalue weighted by Gasteiger charge is -2.25. The predicted octanol–water partition coefficient (Wildman–Crippen LogP) is 1.50. The summed E-state index contributed by atoms with van der Waals surface area (Å²) in [6.45, 7) is 0.522. The van der Waals surface area contributed by atoms with Gasteiger partial charge in [-0.25, -0.2) is 4.98 Å². The van der Waals surface area contributed by atoms with E-state index in [2.05, 4.69) is 15.6 Å². The van der Waals surface area contributed by atoms with Crippen molar-refractivity contribution in [1.82, 2.24) is 4.98 Å². The lowest BCUT2D eigenvalue weighted by molar-refractivity contribution is -0.117. The number of halogens is 1. The summed E-state index contributed by atoms with van der Waals surface area (Å²) in [7, 11) is 1.60. The largest absolute Gasteiger partial charge is 0.385 e. The normalized spacial score (nSPS) is 18.6. The number of nitrogens with one attached hydrogen (secondary N) is 2. The number of anilines is 2. The van der Waals surface area contributed by atoms with E-state index in [-0.39, 0.29) is 11.9 Å². The van der Waals surface area contributed by atoms with Crippen LogP contribution in [0.2, 0.25) is 5.02 Å². The van der Waals surface area contributed by atoms with E-state index in [0.29, 0.717) is 29.6 Å². The number of fused-ring (bicyclic) bond motifs is 1. The van der Waals surface area contributed by atoms with Gasteiger partial charge in [0.2, 0.25) is 5.91 Å². The van der Waals surface area contributed by atoms with Crippen molar-refractivity contribution >= 4 is 29.0 Å². The van der Waals surface area contributed by atoms with E-state index in [4.69, 9.17) is 16.3 Å². The molecule has 1 aromatic heterocycles. The first-order chi connectivity index (χ1) is 7.70. The highest BCUT2D eigenvalue weighted by Crippen LogP contribution is 2.27. The Morgan fingerprint density at radius 1 is 1.62 bits per heavy atom. The van der Waals surface area contributed by atoms with Crippen LogP contribution < -0.4 is 10.6 Å². The molecular weight excluding hydrogens is 230 g/mol. The summed E-state index contributed by atoms with van der Waals surface area (Å²) >= 11 is 5.78. The number of hydrogen-bond donors (Lipinski definition) is 2. The Morgan fingerprint density at radius 3 is 3.19 bits per heavy atom. The molecule has 0 aromatic carbocycles. The van der Waals surface area contributed by atoms with Gasteiger partial charge in [0.25, 0.3) is 0 Å². The molecule has 0 bridgehead atoms. The molecule has 1 unspecified atom stereocenters. The van der Waals surface area contributed by atoms with Gasteiger partial charge in [0, 0.05) is 19.9 Å². The van der Waals surface area contributed by atoms with Gasteiger partial charge < -0.3 is 15.4 Å². The molecule has 0 spiro atoms. The van der Waals surface area contributed by atoms with Crippen molar-refractivity contribution in [3.63, 3.8) is 0 Å². The van der Waals surface area contributed by atoms with E-state index in [1.807, 2.05) is 0 Å². The van der Waals surface area contributed by atoms with Gasteiger partial charge in [-0.15, -0.1) is 0 Å². The third kappa shape index (κ3) is 2.25. The molecule has 5 nitrogen and oxygen atoms in total. The predicted molar refractivity (Wildman–Crippen MR) is 61.8 cm³/mol. The molecule has 16 heavy (non-hydrogen) atoms. The van der Waals surface area contributed by atoms with Crippen LogP contribution in [0, 0.1) is 0 Å². The number of nitrogens with zero attached hydrogens (tertiary/aromatic N) is 1. The van der Waals surface area contributed by atoms with E-state index in [1.165, 1.54) is 6.20 Å². The minimum absolute atomic E-state index is 0.0892. The van der Waals surface area contributed by atoms with Crippen LogP contribution in [0.3, 0.4) is 0 Å². The molecule has 2 N–H and O–H groups in total. The third-order valence-electron chi connectivity index (χ3n) is 2.35. The fourth-order valence-corrected chi connectivity index (χ4v) is 1.70. The zero-order chi connectivity index (χ0) is 11.5. The first kappa shape index (κ1) is 11.2. The lowest BCUT2D eigenvalue weighted by atomic mass is 10.1. The van der Waals surface area contributed by atoms with E-state index in [1.54, 1.807) is 13.2 Å². The SMILES string of the molecule is COCCC1Nc2ncc(Cl)cc2NC1=O. The molecule has 1 aliphatic heterocycles. The Hall–Kier alpha value is -1.33. The van der Waals surface area contributed by atoms with Crippen LogP contribution in [0.15, 0.2) is 12.3 Å². The van der Waals surface area contributed by atoms with Crippen molar-refractivity contribution < 1.29 is 9.53 Å². The molecule has 0 aliphatic carbocycles. The van der Waals surface area contributed by atoms with Crippen LogP contribution >= 0.6 is 11.6 Å². The quantitative estimate of drug-likeness (QED) is 0.842. The molecule has 0 radical (unpaired) electrons. The Labute approximate surface area is 98.1 Å². The smallest absolute Gasteiger partial charge is 0.247 e. The minimum Gasteiger partial charge on any atom is -0.385 e. The van der Waals surface area contributed by atoms with Gasteiger partial charge in [-0.05, 0) is 12.5 Å². The standard InChI is InChI=1S/C10H12ClN3O2/c1-16-3-2-7-10(15)14-8-4-6(11)5-12-9(8)13-7/h4-5,7H,2-3H2,1H3,(H,12,13)(H,14,15). The summed E-state index contributed by atoms with van der Waals surface area (Å²) < 4.78 is 4.94. The van der Waals surface area contributed by atoms with Crippen LogP contribution in [-0.4, -0.2) is 30.6 Å². The number of ether oxygens (including phenoxy) is 1. The van der Waals surface area contributed by atoms with Crippen LogP contribution in [0.4, 0.5) is 11.5 Å². The van der Waals surface area contributed by atoms with Crippen LogP contribution in [-0.2, 0) is 9.53 Å². The summed E-state index contributed by atoms with van der Waals surface area (Å²) in [5.41, 5.74) is 0.617. The number of rotatable bonds is 3. The molecule has 0 saturated carbocycles. The van der Waals surface area contributed by atoms with E-state index >= 15 is 0 Å². The van der Waals surface area contributed by atoms with Crippen molar-refractivity contribution in [3.05, 3.63) is 17.3 Å². The van der Waals surface area contributed by atoms with Crippen molar-refractivity contribution in [3.8, 4) is 0 Å². The maximum atomic E-state index is 11.7. The first-order valence-electron chi connectivity index (χ1n) is 4.92. The molecule has 0 saturated heterocycles. The molecular formula is C10H12ClN3O2. The maximum Gasteiger partial charge on any atom is 0.247 e. The number of aromatic nitrogens is 1. The zero-order valence-corrected chi connectivity index (χ0v) is 9.54. The molecule has 1 amide bonds. The zero-order valence-electron chi connectivity index (χ0n) is 8.79. The Balaban J connectivity index is 2.15. The Morgan fingerprint density at radius 2 is 2.44 bits per heavy atom. The van der Waals surface area contributed by atoms with Crippen molar-refractivity contribution in [2.75, 3.05) is 24.4 Å². The number of pyridine rings is 1. The van der Waals surface area contributed by atoms with Gasteiger partial charge in [0.1, 0.15) is 6.04 Å².